The van der Waals surface area contributed by atoms with Crippen LogP contribution in [0, 0.1) is 0 Å². The Morgan fingerprint density at radius 2 is 1.81 bits per heavy atom. The minimum absolute atomic E-state index is 0.0786. The zero-order valence-electron chi connectivity index (χ0n) is 21.2. The lowest BCUT2D eigenvalue weighted by molar-refractivity contribution is -0.141. The molecule has 2 aromatic carbocycles. The number of methoxy groups -OCH3 is 2. The van der Waals surface area contributed by atoms with Gasteiger partial charge in [0.05, 0.1) is 20.6 Å². The molecule has 1 aromatic heterocycles. The molecular weight excluding hydrogens is 508 g/mol. The summed E-state index contributed by atoms with van der Waals surface area (Å²) in [7, 11) is 3.10. The monoisotopic (exact) mass is 540 g/mol. The van der Waals surface area contributed by atoms with Crippen LogP contribution in [-0.2, 0) is 22.6 Å². The summed E-state index contributed by atoms with van der Waals surface area (Å²) >= 11 is 8.04. The van der Waals surface area contributed by atoms with E-state index >= 15 is 0 Å². The number of rotatable bonds is 10. The minimum atomic E-state index is -0.935. The Kier molecular flexibility index (Phi) is 9.47. The number of hydrogen-bond acceptors (Lipinski definition) is 5. The van der Waals surface area contributed by atoms with E-state index in [-0.39, 0.29) is 30.8 Å². The molecule has 1 aliphatic rings. The maximum absolute atomic E-state index is 14.1. The molecule has 1 heterocycles. The standard InChI is InChI=1S/C29H33ClN2O4S/c1-35-25-16-8-14-23(28(25)36-2)27(29(34)31-21-11-4-3-5-12-21)32(19-20-10-6-7-15-24(20)30)26(33)18-22-13-9-17-37-22/h6-10,13-17,21,27H,3-5,11-12,18-19H2,1-2H3,(H,31,34)/t27-/m1/s1. The second-order valence-corrected chi connectivity index (χ2v) is 10.6. The highest BCUT2D eigenvalue weighted by molar-refractivity contribution is 7.10. The number of carbonyl (C=O) groups excluding carboxylic acids is 2. The van der Waals surface area contributed by atoms with E-state index in [0.29, 0.717) is 22.1 Å². The Bertz CT molecular complexity index is 1190. The Morgan fingerprint density at radius 1 is 1.03 bits per heavy atom. The summed E-state index contributed by atoms with van der Waals surface area (Å²) < 4.78 is 11.3. The van der Waals surface area contributed by atoms with Gasteiger partial charge in [-0.15, -0.1) is 11.3 Å². The molecule has 6 nitrogen and oxygen atoms in total. The molecule has 0 bridgehead atoms. The van der Waals surface area contributed by atoms with Gasteiger partial charge in [-0.1, -0.05) is 67.3 Å². The second kappa shape index (κ2) is 13.0. The van der Waals surface area contributed by atoms with Crippen LogP contribution in [0.15, 0.2) is 60.0 Å². The quantitative estimate of drug-likeness (QED) is 0.333. The third kappa shape index (κ3) is 6.65. The number of nitrogens with zero attached hydrogens (tertiary/aromatic N) is 1. The second-order valence-electron chi connectivity index (χ2n) is 9.20. The lowest BCUT2D eigenvalue weighted by Crippen LogP contribution is -2.47. The molecule has 1 fully saturated rings. The van der Waals surface area contributed by atoms with Gasteiger partial charge in [-0.05, 0) is 42.0 Å². The smallest absolute Gasteiger partial charge is 0.247 e. The SMILES string of the molecule is COc1cccc([C@H](C(=O)NC2CCCCC2)N(Cc2ccccc2Cl)C(=O)Cc2cccs2)c1OC. The van der Waals surface area contributed by atoms with Crippen LogP contribution in [-0.4, -0.2) is 37.0 Å². The number of nitrogens with one attached hydrogen (secondary N) is 1. The fraction of sp³-hybridized carbons (Fsp3) is 0.379. The molecule has 0 radical (unpaired) electrons. The van der Waals surface area contributed by atoms with Crippen LogP contribution in [0.1, 0.15) is 54.1 Å². The van der Waals surface area contributed by atoms with Crippen molar-refractivity contribution in [2.75, 3.05) is 14.2 Å². The summed E-state index contributed by atoms with van der Waals surface area (Å²) in [6.45, 7) is 0.174. The maximum Gasteiger partial charge on any atom is 0.247 e. The van der Waals surface area contributed by atoms with E-state index in [1.807, 2.05) is 47.8 Å². The average molecular weight is 541 g/mol. The van der Waals surface area contributed by atoms with Gasteiger partial charge in [-0.25, -0.2) is 0 Å². The van der Waals surface area contributed by atoms with E-state index in [1.54, 1.807) is 31.3 Å². The number of amides is 2. The zero-order chi connectivity index (χ0) is 26.2. The van der Waals surface area contributed by atoms with Gasteiger partial charge in [-0.2, -0.15) is 0 Å². The highest BCUT2D eigenvalue weighted by Gasteiger charge is 2.36. The van der Waals surface area contributed by atoms with Gasteiger partial charge < -0.3 is 19.7 Å². The van der Waals surface area contributed by atoms with Crippen LogP contribution in [0.25, 0.3) is 0 Å². The van der Waals surface area contributed by atoms with Crippen molar-refractivity contribution in [2.45, 2.75) is 57.2 Å². The van der Waals surface area contributed by atoms with Gasteiger partial charge in [0.1, 0.15) is 6.04 Å². The van der Waals surface area contributed by atoms with Crippen molar-refractivity contribution in [2.24, 2.45) is 0 Å². The van der Waals surface area contributed by atoms with Crippen LogP contribution in [0.3, 0.4) is 0 Å². The Hall–Kier alpha value is -3.03. The topological polar surface area (TPSA) is 67.9 Å². The maximum atomic E-state index is 14.1. The number of ether oxygens (including phenoxy) is 2. The van der Waals surface area contributed by atoms with E-state index in [9.17, 15) is 9.59 Å². The Balaban J connectivity index is 1.79. The van der Waals surface area contributed by atoms with Crippen LogP contribution >= 0.6 is 22.9 Å². The van der Waals surface area contributed by atoms with Crippen molar-refractivity contribution in [3.63, 3.8) is 0 Å². The first-order chi connectivity index (χ1) is 18.0. The van der Waals surface area contributed by atoms with Crippen molar-refractivity contribution >= 4 is 34.8 Å². The molecular formula is C29H33ClN2O4S. The molecule has 2 amide bonds. The molecule has 3 aromatic rings. The number of para-hydroxylation sites is 1. The summed E-state index contributed by atoms with van der Waals surface area (Å²) in [5.41, 5.74) is 1.34. The highest BCUT2D eigenvalue weighted by atomic mass is 35.5. The first-order valence-corrected chi connectivity index (χ1v) is 13.8. The summed E-state index contributed by atoms with van der Waals surface area (Å²) in [4.78, 5) is 30.6. The van der Waals surface area contributed by atoms with E-state index < -0.39 is 6.04 Å². The largest absolute Gasteiger partial charge is 0.493 e. The van der Waals surface area contributed by atoms with Crippen LogP contribution in [0.5, 0.6) is 11.5 Å². The zero-order valence-corrected chi connectivity index (χ0v) is 22.8. The van der Waals surface area contributed by atoms with Crippen LogP contribution in [0.2, 0.25) is 5.02 Å². The molecule has 0 saturated heterocycles. The molecule has 1 atom stereocenters. The first kappa shape index (κ1) is 27.0. The third-order valence-electron chi connectivity index (χ3n) is 6.76. The predicted molar refractivity (Wildman–Crippen MR) is 147 cm³/mol. The van der Waals surface area contributed by atoms with E-state index in [4.69, 9.17) is 21.1 Å². The van der Waals surface area contributed by atoms with Crippen molar-refractivity contribution in [1.82, 2.24) is 10.2 Å². The number of hydrogen-bond donors (Lipinski definition) is 1. The van der Waals surface area contributed by atoms with Gasteiger partial charge in [-0.3, -0.25) is 9.59 Å². The summed E-state index contributed by atoms with van der Waals surface area (Å²) in [6, 6.07) is 15.8. The molecule has 1 N–H and O–H groups in total. The molecule has 0 aliphatic heterocycles. The molecule has 196 valence electrons. The summed E-state index contributed by atoms with van der Waals surface area (Å²) in [5, 5.41) is 5.73. The van der Waals surface area contributed by atoms with Gasteiger partial charge >= 0.3 is 0 Å². The number of thiophene rings is 1. The molecule has 1 aliphatic carbocycles. The van der Waals surface area contributed by atoms with Crippen molar-refractivity contribution < 1.29 is 19.1 Å². The molecule has 1 saturated carbocycles. The molecule has 37 heavy (non-hydrogen) atoms. The van der Waals surface area contributed by atoms with E-state index in [1.165, 1.54) is 17.8 Å². The number of benzene rings is 2. The lowest BCUT2D eigenvalue weighted by atomic mass is 9.94. The molecule has 4 rings (SSSR count). The van der Waals surface area contributed by atoms with Gasteiger partial charge in [0.2, 0.25) is 11.8 Å². The molecule has 8 heteroatoms. The third-order valence-corrected chi connectivity index (χ3v) is 8.01. The number of halogens is 1. The Labute approximate surface area is 227 Å². The van der Waals surface area contributed by atoms with Crippen molar-refractivity contribution in [3.05, 3.63) is 81.0 Å². The van der Waals surface area contributed by atoms with E-state index in [0.717, 1.165) is 36.1 Å². The normalized spacial score (nSPS) is 14.6. The molecule has 0 spiro atoms. The summed E-state index contributed by atoms with van der Waals surface area (Å²) in [6.07, 6.45) is 5.39. The van der Waals surface area contributed by atoms with Crippen molar-refractivity contribution in [3.8, 4) is 11.5 Å². The molecule has 0 unspecified atom stereocenters. The predicted octanol–water partition coefficient (Wildman–Crippen LogP) is 6.18. The van der Waals surface area contributed by atoms with Gasteiger partial charge in [0.25, 0.3) is 0 Å². The number of carbonyl (C=O) groups is 2. The summed E-state index contributed by atoms with van der Waals surface area (Å²) in [5.74, 6) is 0.529. The van der Waals surface area contributed by atoms with Crippen LogP contribution < -0.4 is 14.8 Å². The lowest BCUT2D eigenvalue weighted by Gasteiger charge is -2.34. The average Bonchev–Trinajstić information content (AvgIpc) is 3.42. The fourth-order valence-electron chi connectivity index (χ4n) is 4.90. The fourth-order valence-corrected chi connectivity index (χ4v) is 5.79. The Morgan fingerprint density at radius 3 is 2.49 bits per heavy atom. The van der Waals surface area contributed by atoms with Crippen molar-refractivity contribution in [1.29, 1.82) is 0 Å². The van der Waals surface area contributed by atoms with E-state index in [2.05, 4.69) is 5.32 Å². The minimum Gasteiger partial charge on any atom is -0.493 e. The van der Waals surface area contributed by atoms with Crippen LogP contribution in [0.4, 0.5) is 0 Å². The van der Waals surface area contributed by atoms with Gasteiger partial charge in [0.15, 0.2) is 11.5 Å². The first-order valence-electron chi connectivity index (χ1n) is 12.6. The highest BCUT2D eigenvalue weighted by Crippen LogP contribution is 2.38. The van der Waals surface area contributed by atoms with Gasteiger partial charge in [0, 0.05) is 28.0 Å².